The van der Waals surface area contributed by atoms with E-state index in [1.165, 1.54) is 44.8 Å². The summed E-state index contributed by atoms with van der Waals surface area (Å²) >= 11 is 0. The number of benzene rings is 5. The first-order valence-corrected chi connectivity index (χ1v) is 13.8. The minimum atomic E-state index is 1.03. The van der Waals surface area contributed by atoms with Crippen LogP contribution >= 0.6 is 0 Å². The van der Waals surface area contributed by atoms with Crippen LogP contribution in [0.25, 0.3) is 0 Å². The van der Waals surface area contributed by atoms with E-state index in [0.717, 1.165) is 22.6 Å². The van der Waals surface area contributed by atoms with Gasteiger partial charge in [-0.2, -0.15) is 5.10 Å². The van der Waals surface area contributed by atoms with E-state index in [9.17, 15) is 0 Å². The molecular weight excluding hydrogens is 486 g/mol. The van der Waals surface area contributed by atoms with Crippen LogP contribution in [0, 0.1) is 41.5 Å². The molecule has 200 valence electrons. The predicted molar refractivity (Wildman–Crippen MR) is 172 cm³/mol. The molecule has 0 aliphatic carbocycles. The molecule has 5 rings (SSSR count). The van der Waals surface area contributed by atoms with Gasteiger partial charge in [0.1, 0.15) is 0 Å². The summed E-state index contributed by atoms with van der Waals surface area (Å²) in [6.45, 7) is 12.9. The number of anilines is 5. The number of rotatable bonds is 7. The fourth-order valence-electron chi connectivity index (χ4n) is 5.01. The molecule has 3 heteroatoms. The highest BCUT2D eigenvalue weighted by Gasteiger charge is 2.17. The standard InChI is InChI=1S/C37H37N3/c1-26-7-15-34(16-8-26)40(35-17-9-27(2)10-18-35)38-25-32-13-19-33(20-14-32)39(36-21-11-28(3)23-30(36)5)37-22-12-29(4)24-31(37)6/h7-25H,1-6H3. The molecule has 0 aliphatic rings. The fourth-order valence-corrected chi connectivity index (χ4v) is 5.01. The summed E-state index contributed by atoms with van der Waals surface area (Å²) in [5.41, 5.74) is 14.0. The Morgan fingerprint density at radius 2 is 0.850 bits per heavy atom. The van der Waals surface area contributed by atoms with Crippen molar-refractivity contribution in [3.8, 4) is 0 Å². The molecule has 0 saturated carbocycles. The largest absolute Gasteiger partial charge is 0.310 e. The lowest BCUT2D eigenvalue weighted by molar-refractivity contribution is 1.09. The van der Waals surface area contributed by atoms with Crippen LogP contribution in [0.15, 0.2) is 114 Å². The van der Waals surface area contributed by atoms with Crippen molar-refractivity contribution in [3.63, 3.8) is 0 Å². The molecule has 40 heavy (non-hydrogen) atoms. The van der Waals surface area contributed by atoms with Gasteiger partial charge in [0.25, 0.3) is 0 Å². The maximum absolute atomic E-state index is 4.93. The van der Waals surface area contributed by atoms with Crippen LogP contribution in [-0.2, 0) is 0 Å². The first-order chi connectivity index (χ1) is 19.3. The van der Waals surface area contributed by atoms with Crippen molar-refractivity contribution in [2.24, 2.45) is 5.10 Å². The van der Waals surface area contributed by atoms with E-state index in [1.807, 2.05) is 11.2 Å². The van der Waals surface area contributed by atoms with Gasteiger partial charge in [-0.05, 0) is 107 Å². The van der Waals surface area contributed by atoms with Crippen molar-refractivity contribution in [1.29, 1.82) is 0 Å². The van der Waals surface area contributed by atoms with Gasteiger partial charge < -0.3 is 4.90 Å². The molecule has 5 aromatic rings. The molecule has 5 aromatic carbocycles. The minimum absolute atomic E-state index is 1.03. The van der Waals surface area contributed by atoms with E-state index in [1.54, 1.807) is 0 Å². The highest BCUT2D eigenvalue weighted by Crippen LogP contribution is 2.38. The van der Waals surface area contributed by atoms with Gasteiger partial charge in [-0.25, -0.2) is 5.01 Å². The Bertz CT molecular complexity index is 1530. The van der Waals surface area contributed by atoms with Crippen LogP contribution in [0.5, 0.6) is 0 Å². The van der Waals surface area contributed by atoms with Crippen LogP contribution in [-0.4, -0.2) is 6.21 Å². The molecule has 0 unspecified atom stereocenters. The van der Waals surface area contributed by atoms with E-state index >= 15 is 0 Å². The van der Waals surface area contributed by atoms with Gasteiger partial charge in [0, 0.05) is 17.1 Å². The number of hydrogen-bond acceptors (Lipinski definition) is 3. The maximum atomic E-state index is 4.93. The molecule has 0 amide bonds. The van der Waals surface area contributed by atoms with Crippen molar-refractivity contribution < 1.29 is 0 Å². The molecule has 0 radical (unpaired) electrons. The lowest BCUT2D eigenvalue weighted by atomic mass is 10.0. The Hall–Kier alpha value is -4.63. The zero-order valence-corrected chi connectivity index (χ0v) is 24.3. The first-order valence-electron chi connectivity index (χ1n) is 13.8. The molecule has 0 fully saturated rings. The normalized spacial score (nSPS) is 11.2. The second kappa shape index (κ2) is 11.6. The molecule has 0 saturated heterocycles. The zero-order chi connectivity index (χ0) is 28.2. The van der Waals surface area contributed by atoms with Crippen LogP contribution in [0.3, 0.4) is 0 Å². The van der Waals surface area contributed by atoms with Gasteiger partial charge in [0.15, 0.2) is 0 Å². The highest BCUT2D eigenvalue weighted by molar-refractivity contribution is 5.85. The smallest absolute Gasteiger partial charge is 0.0652 e. The third-order valence-electron chi connectivity index (χ3n) is 7.22. The van der Waals surface area contributed by atoms with Gasteiger partial charge in [-0.15, -0.1) is 0 Å². The van der Waals surface area contributed by atoms with E-state index in [2.05, 4.69) is 156 Å². The summed E-state index contributed by atoms with van der Waals surface area (Å²) < 4.78 is 0. The number of hydrogen-bond donors (Lipinski definition) is 0. The lowest BCUT2D eigenvalue weighted by Gasteiger charge is -2.29. The SMILES string of the molecule is Cc1ccc(N(N=Cc2ccc(N(c3ccc(C)cc3C)c3ccc(C)cc3C)cc2)c2ccc(C)cc2)cc1. The number of hydrazone groups is 1. The number of nitrogens with zero attached hydrogens (tertiary/aromatic N) is 3. The van der Waals surface area contributed by atoms with Crippen LogP contribution in [0.2, 0.25) is 0 Å². The van der Waals surface area contributed by atoms with Crippen molar-refractivity contribution in [2.45, 2.75) is 41.5 Å². The molecule has 0 heterocycles. The second-order valence-corrected chi connectivity index (χ2v) is 10.7. The Kier molecular flexibility index (Phi) is 7.84. The van der Waals surface area contributed by atoms with E-state index in [0.29, 0.717) is 0 Å². The minimum Gasteiger partial charge on any atom is -0.310 e. The molecule has 3 nitrogen and oxygen atoms in total. The molecule has 0 aromatic heterocycles. The Morgan fingerprint density at radius 3 is 1.27 bits per heavy atom. The summed E-state index contributed by atoms with van der Waals surface area (Å²) in [6, 6.07) is 38.9. The monoisotopic (exact) mass is 523 g/mol. The predicted octanol–water partition coefficient (Wildman–Crippen LogP) is 10.2. The molecule has 0 aliphatic heterocycles. The fraction of sp³-hybridized carbons (Fsp3) is 0.162. The van der Waals surface area contributed by atoms with Crippen LogP contribution in [0.4, 0.5) is 28.4 Å². The summed E-state index contributed by atoms with van der Waals surface area (Å²) in [4.78, 5) is 2.36. The molecule has 0 spiro atoms. The van der Waals surface area contributed by atoms with E-state index in [4.69, 9.17) is 5.10 Å². The molecule has 0 atom stereocenters. The summed E-state index contributed by atoms with van der Waals surface area (Å²) in [5.74, 6) is 0. The highest BCUT2D eigenvalue weighted by atomic mass is 15.5. The summed E-state index contributed by atoms with van der Waals surface area (Å²) in [7, 11) is 0. The van der Waals surface area contributed by atoms with Crippen molar-refractivity contribution in [1.82, 2.24) is 0 Å². The van der Waals surface area contributed by atoms with Gasteiger partial charge in [0.05, 0.1) is 17.6 Å². The third-order valence-corrected chi connectivity index (χ3v) is 7.22. The Morgan fingerprint density at radius 1 is 0.450 bits per heavy atom. The van der Waals surface area contributed by atoms with Crippen molar-refractivity contribution in [2.75, 3.05) is 9.91 Å². The number of aryl methyl sites for hydroxylation is 6. The van der Waals surface area contributed by atoms with Gasteiger partial charge in [0.2, 0.25) is 0 Å². The van der Waals surface area contributed by atoms with E-state index < -0.39 is 0 Å². The maximum Gasteiger partial charge on any atom is 0.0652 e. The third kappa shape index (κ3) is 6.00. The molecular formula is C37H37N3. The topological polar surface area (TPSA) is 18.8 Å². The summed E-state index contributed by atoms with van der Waals surface area (Å²) in [6.07, 6.45) is 1.93. The lowest BCUT2D eigenvalue weighted by Crippen LogP contribution is -2.13. The zero-order valence-electron chi connectivity index (χ0n) is 24.3. The first kappa shape index (κ1) is 27.0. The molecule has 0 N–H and O–H groups in total. The van der Waals surface area contributed by atoms with E-state index in [-0.39, 0.29) is 0 Å². The van der Waals surface area contributed by atoms with Crippen LogP contribution in [0.1, 0.15) is 38.9 Å². The van der Waals surface area contributed by atoms with Crippen molar-refractivity contribution in [3.05, 3.63) is 148 Å². The van der Waals surface area contributed by atoms with Gasteiger partial charge >= 0.3 is 0 Å². The second-order valence-electron chi connectivity index (χ2n) is 10.7. The Balaban J connectivity index is 1.50. The van der Waals surface area contributed by atoms with Gasteiger partial charge in [-0.1, -0.05) is 82.9 Å². The quantitative estimate of drug-likeness (QED) is 0.156. The average Bonchev–Trinajstić information content (AvgIpc) is 2.93. The van der Waals surface area contributed by atoms with Crippen molar-refractivity contribution >= 4 is 34.7 Å². The average molecular weight is 524 g/mol. The van der Waals surface area contributed by atoms with Gasteiger partial charge in [-0.3, -0.25) is 0 Å². The summed E-state index contributed by atoms with van der Waals surface area (Å²) in [5, 5.41) is 6.92. The molecule has 0 bridgehead atoms. The van der Waals surface area contributed by atoms with Crippen LogP contribution < -0.4 is 9.91 Å². The Labute approximate surface area is 239 Å².